The SMILES string of the molecule is CC(C)NS(=O)(=O)C1CCN(CCCN2CCCCC2)C1. The molecule has 2 aliphatic rings. The lowest BCUT2D eigenvalue weighted by atomic mass is 10.1. The van der Waals surface area contributed by atoms with Crippen LogP contribution in [-0.2, 0) is 10.0 Å². The number of nitrogens with zero attached hydrogens (tertiary/aromatic N) is 2. The Balaban J connectivity index is 1.67. The van der Waals surface area contributed by atoms with Gasteiger partial charge in [0.1, 0.15) is 0 Å². The number of likely N-dealkylation sites (tertiary alicyclic amines) is 2. The summed E-state index contributed by atoms with van der Waals surface area (Å²) >= 11 is 0. The standard InChI is InChI=1S/C15H31N3O2S/c1-14(2)16-21(19,20)15-7-12-18(13-15)11-6-10-17-8-4-3-5-9-17/h14-16H,3-13H2,1-2H3. The average molecular weight is 317 g/mol. The van der Waals surface area contributed by atoms with Crippen LogP contribution < -0.4 is 4.72 Å². The fourth-order valence-electron chi connectivity index (χ4n) is 3.38. The Morgan fingerprint density at radius 1 is 1.05 bits per heavy atom. The van der Waals surface area contributed by atoms with Crippen LogP contribution in [0.5, 0.6) is 0 Å². The molecule has 2 fully saturated rings. The van der Waals surface area contributed by atoms with Gasteiger partial charge in [-0.15, -0.1) is 0 Å². The molecule has 0 spiro atoms. The lowest BCUT2D eigenvalue weighted by Crippen LogP contribution is -2.40. The molecule has 0 saturated carbocycles. The van der Waals surface area contributed by atoms with Crippen molar-refractivity contribution in [1.82, 2.24) is 14.5 Å². The van der Waals surface area contributed by atoms with Crippen LogP contribution in [0.4, 0.5) is 0 Å². The zero-order chi connectivity index (χ0) is 15.3. The summed E-state index contributed by atoms with van der Waals surface area (Å²) < 4.78 is 27.1. The van der Waals surface area contributed by atoms with E-state index >= 15 is 0 Å². The maximum absolute atomic E-state index is 12.2. The molecule has 124 valence electrons. The summed E-state index contributed by atoms with van der Waals surface area (Å²) in [5.74, 6) is 0. The van der Waals surface area contributed by atoms with Gasteiger partial charge in [0.2, 0.25) is 10.0 Å². The molecule has 0 amide bonds. The Morgan fingerprint density at radius 2 is 1.71 bits per heavy atom. The summed E-state index contributed by atoms with van der Waals surface area (Å²) in [5.41, 5.74) is 0. The molecule has 1 N–H and O–H groups in total. The average Bonchev–Trinajstić information content (AvgIpc) is 2.88. The second-order valence-electron chi connectivity index (χ2n) is 6.78. The lowest BCUT2D eigenvalue weighted by Gasteiger charge is -2.27. The van der Waals surface area contributed by atoms with E-state index in [0.717, 1.165) is 32.5 Å². The van der Waals surface area contributed by atoms with Crippen LogP contribution in [0.25, 0.3) is 0 Å². The van der Waals surface area contributed by atoms with E-state index in [9.17, 15) is 8.42 Å². The predicted octanol–water partition coefficient (Wildman–Crippen LogP) is 1.26. The van der Waals surface area contributed by atoms with Gasteiger partial charge in [-0.2, -0.15) is 0 Å². The molecule has 0 radical (unpaired) electrons. The van der Waals surface area contributed by atoms with E-state index in [2.05, 4.69) is 14.5 Å². The highest BCUT2D eigenvalue weighted by Crippen LogP contribution is 2.17. The minimum Gasteiger partial charge on any atom is -0.303 e. The van der Waals surface area contributed by atoms with Crippen LogP contribution in [0.15, 0.2) is 0 Å². The van der Waals surface area contributed by atoms with Gasteiger partial charge in [-0.3, -0.25) is 0 Å². The topological polar surface area (TPSA) is 52.7 Å². The van der Waals surface area contributed by atoms with E-state index in [-0.39, 0.29) is 11.3 Å². The fraction of sp³-hybridized carbons (Fsp3) is 1.00. The van der Waals surface area contributed by atoms with Gasteiger partial charge >= 0.3 is 0 Å². The van der Waals surface area contributed by atoms with Crippen molar-refractivity contribution in [2.24, 2.45) is 0 Å². The van der Waals surface area contributed by atoms with Crippen LogP contribution in [-0.4, -0.2) is 68.8 Å². The molecule has 2 rings (SSSR count). The highest BCUT2D eigenvalue weighted by Gasteiger charge is 2.32. The van der Waals surface area contributed by atoms with Crippen LogP contribution in [0.3, 0.4) is 0 Å². The smallest absolute Gasteiger partial charge is 0.216 e. The number of nitrogens with one attached hydrogen (secondary N) is 1. The largest absolute Gasteiger partial charge is 0.303 e. The minimum absolute atomic E-state index is 0.0110. The van der Waals surface area contributed by atoms with Crippen molar-refractivity contribution in [3.63, 3.8) is 0 Å². The molecule has 2 heterocycles. The molecular weight excluding hydrogens is 286 g/mol. The molecule has 1 unspecified atom stereocenters. The first kappa shape index (κ1) is 17.2. The quantitative estimate of drug-likeness (QED) is 0.768. The summed E-state index contributed by atoms with van der Waals surface area (Å²) in [4.78, 5) is 4.86. The normalized spacial score (nSPS) is 25.8. The molecule has 21 heavy (non-hydrogen) atoms. The van der Waals surface area contributed by atoms with Gasteiger partial charge in [-0.1, -0.05) is 6.42 Å². The fourth-order valence-corrected chi connectivity index (χ4v) is 5.05. The van der Waals surface area contributed by atoms with Crippen LogP contribution >= 0.6 is 0 Å². The molecule has 2 saturated heterocycles. The number of hydrogen-bond donors (Lipinski definition) is 1. The van der Waals surface area contributed by atoms with Gasteiger partial charge in [0.25, 0.3) is 0 Å². The Morgan fingerprint density at radius 3 is 2.38 bits per heavy atom. The Kier molecular flexibility index (Phi) is 6.47. The summed E-state index contributed by atoms with van der Waals surface area (Å²) in [6, 6.07) is -0.0110. The van der Waals surface area contributed by atoms with E-state index in [1.54, 1.807) is 0 Å². The first-order valence-electron chi connectivity index (χ1n) is 8.43. The van der Waals surface area contributed by atoms with E-state index in [4.69, 9.17) is 0 Å². The van der Waals surface area contributed by atoms with E-state index in [0.29, 0.717) is 6.54 Å². The van der Waals surface area contributed by atoms with Crippen molar-refractivity contribution in [2.75, 3.05) is 39.3 Å². The number of sulfonamides is 1. The molecule has 5 nitrogen and oxygen atoms in total. The summed E-state index contributed by atoms with van der Waals surface area (Å²) in [5, 5.41) is -0.227. The second kappa shape index (κ2) is 7.90. The van der Waals surface area contributed by atoms with Gasteiger partial charge < -0.3 is 9.80 Å². The third-order valence-electron chi connectivity index (χ3n) is 4.47. The van der Waals surface area contributed by atoms with Crippen molar-refractivity contribution >= 4 is 10.0 Å². The van der Waals surface area contributed by atoms with Crippen LogP contribution in [0, 0.1) is 0 Å². The first-order chi connectivity index (χ1) is 9.97. The monoisotopic (exact) mass is 317 g/mol. The van der Waals surface area contributed by atoms with Gasteiger partial charge in [0.15, 0.2) is 0 Å². The predicted molar refractivity (Wildman–Crippen MR) is 86.9 cm³/mol. The van der Waals surface area contributed by atoms with Gasteiger partial charge in [0.05, 0.1) is 5.25 Å². The molecule has 2 aliphatic heterocycles. The van der Waals surface area contributed by atoms with Crippen LogP contribution in [0.1, 0.15) is 46.0 Å². The van der Waals surface area contributed by atoms with Crippen molar-refractivity contribution in [2.45, 2.75) is 57.2 Å². The zero-order valence-corrected chi connectivity index (χ0v) is 14.4. The van der Waals surface area contributed by atoms with Crippen LogP contribution in [0.2, 0.25) is 0 Å². The van der Waals surface area contributed by atoms with Gasteiger partial charge in [-0.05, 0) is 72.3 Å². The second-order valence-corrected chi connectivity index (χ2v) is 8.78. The number of rotatable bonds is 7. The maximum atomic E-state index is 12.2. The number of hydrogen-bond acceptors (Lipinski definition) is 4. The number of piperidine rings is 1. The molecular formula is C15H31N3O2S. The van der Waals surface area contributed by atoms with E-state index < -0.39 is 10.0 Å². The highest BCUT2D eigenvalue weighted by atomic mass is 32.2. The minimum atomic E-state index is -3.14. The zero-order valence-electron chi connectivity index (χ0n) is 13.6. The van der Waals surface area contributed by atoms with Crippen molar-refractivity contribution < 1.29 is 8.42 Å². The molecule has 0 aromatic rings. The van der Waals surface area contributed by atoms with Crippen molar-refractivity contribution in [3.8, 4) is 0 Å². The van der Waals surface area contributed by atoms with Gasteiger partial charge in [-0.25, -0.2) is 13.1 Å². The Hall–Kier alpha value is -0.170. The van der Waals surface area contributed by atoms with Crippen molar-refractivity contribution in [1.29, 1.82) is 0 Å². The molecule has 0 bridgehead atoms. The summed E-state index contributed by atoms with van der Waals surface area (Å²) in [7, 11) is -3.14. The Labute approximate surface area is 130 Å². The third-order valence-corrected chi connectivity index (χ3v) is 6.53. The highest BCUT2D eigenvalue weighted by molar-refractivity contribution is 7.90. The van der Waals surface area contributed by atoms with E-state index in [1.807, 2.05) is 13.8 Å². The molecule has 1 atom stereocenters. The summed E-state index contributed by atoms with van der Waals surface area (Å²) in [6.07, 6.45) is 5.98. The third kappa shape index (κ3) is 5.51. The molecule has 0 aromatic heterocycles. The summed E-state index contributed by atoms with van der Waals surface area (Å²) in [6.45, 7) is 10.1. The molecule has 6 heteroatoms. The Bertz CT molecular complexity index is 405. The molecule has 0 aromatic carbocycles. The van der Waals surface area contributed by atoms with Crippen molar-refractivity contribution in [3.05, 3.63) is 0 Å². The van der Waals surface area contributed by atoms with E-state index in [1.165, 1.54) is 32.4 Å². The first-order valence-corrected chi connectivity index (χ1v) is 9.98. The van der Waals surface area contributed by atoms with Gasteiger partial charge in [0, 0.05) is 12.6 Å². The lowest BCUT2D eigenvalue weighted by molar-refractivity contribution is 0.212. The maximum Gasteiger partial charge on any atom is 0.216 e. The molecule has 0 aliphatic carbocycles.